The zero-order valence-electron chi connectivity index (χ0n) is 11.8. The van der Waals surface area contributed by atoms with E-state index in [-0.39, 0.29) is 11.5 Å². The summed E-state index contributed by atoms with van der Waals surface area (Å²) in [6, 6.07) is 6.34. The number of carboxylic acids is 1. The monoisotopic (exact) mass is 330 g/mol. The summed E-state index contributed by atoms with van der Waals surface area (Å²) in [7, 11) is 0. The second-order valence-corrected chi connectivity index (χ2v) is 5.57. The number of nitrogens with zero attached hydrogens (tertiary/aromatic N) is 2. The molecule has 0 amide bonds. The number of hydrogen-bond acceptors (Lipinski definition) is 5. The molecule has 116 valence electrons. The molecule has 0 fully saturated rings. The maximum absolute atomic E-state index is 13.1. The molecule has 0 aliphatic rings. The minimum atomic E-state index is -0.981. The van der Waals surface area contributed by atoms with E-state index in [0.717, 1.165) is 17.5 Å². The lowest BCUT2D eigenvalue weighted by atomic mass is 10.2. The van der Waals surface area contributed by atoms with Gasteiger partial charge in [-0.1, -0.05) is 0 Å². The molecule has 0 atom stereocenters. The smallest absolute Gasteiger partial charge is 0.345 e. The third kappa shape index (κ3) is 3.51. The Morgan fingerprint density at radius 3 is 2.96 bits per heavy atom. The van der Waals surface area contributed by atoms with Gasteiger partial charge in [0.1, 0.15) is 28.7 Å². The summed E-state index contributed by atoms with van der Waals surface area (Å²) in [6.45, 7) is 0.138. The Hall–Kier alpha value is -2.80. The summed E-state index contributed by atoms with van der Waals surface area (Å²) in [5.74, 6) is -0.918. The first-order valence-corrected chi connectivity index (χ1v) is 7.51. The standard InChI is InChI=1S/C16H11FN2O3S/c17-12-4-10(6-18-7-12)8-22-13-2-1-3-19-15(13)11-5-14(16(20)21)23-9-11/h1-7,9H,8H2,(H,20,21). The van der Waals surface area contributed by atoms with Crippen molar-refractivity contribution in [3.05, 3.63) is 64.5 Å². The van der Waals surface area contributed by atoms with Crippen molar-refractivity contribution >= 4 is 17.3 Å². The van der Waals surface area contributed by atoms with Crippen LogP contribution in [0.4, 0.5) is 4.39 Å². The van der Waals surface area contributed by atoms with Gasteiger partial charge in [-0.25, -0.2) is 9.18 Å². The molecular weight excluding hydrogens is 319 g/mol. The fourth-order valence-corrected chi connectivity index (χ4v) is 2.72. The zero-order chi connectivity index (χ0) is 16.2. The van der Waals surface area contributed by atoms with Gasteiger partial charge in [0.2, 0.25) is 0 Å². The molecule has 0 aliphatic heterocycles. The SMILES string of the molecule is O=C(O)c1cc(-c2ncccc2OCc2cncc(F)c2)cs1. The molecule has 0 bridgehead atoms. The number of aromatic nitrogens is 2. The third-order valence-corrected chi connectivity index (χ3v) is 3.93. The molecule has 1 N–H and O–H groups in total. The van der Waals surface area contributed by atoms with Gasteiger partial charge in [0.15, 0.2) is 0 Å². The van der Waals surface area contributed by atoms with Crippen molar-refractivity contribution in [3.63, 3.8) is 0 Å². The predicted molar refractivity (Wildman–Crippen MR) is 83.0 cm³/mol. The first-order valence-electron chi connectivity index (χ1n) is 6.63. The Kier molecular flexibility index (Phi) is 4.29. The Morgan fingerprint density at radius 1 is 1.35 bits per heavy atom. The number of thiophene rings is 1. The van der Waals surface area contributed by atoms with E-state index in [2.05, 4.69) is 9.97 Å². The Labute approximate surface area is 135 Å². The lowest BCUT2D eigenvalue weighted by Gasteiger charge is -2.09. The van der Waals surface area contributed by atoms with Gasteiger partial charge in [0.25, 0.3) is 0 Å². The van der Waals surface area contributed by atoms with E-state index in [1.807, 2.05) is 0 Å². The van der Waals surface area contributed by atoms with E-state index in [1.54, 1.807) is 29.8 Å². The van der Waals surface area contributed by atoms with Gasteiger partial charge in [-0.3, -0.25) is 9.97 Å². The number of halogens is 1. The summed E-state index contributed by atoms with van der Waals surface area (Å²) in [6.07, 6.45) is 4.24. The van der Waals surface area contributed by atoms with Crippen LogP contribution in [0.15, 0.2) is 48.2 Å². The van der Waals surface area contributed by atoms with Gasteiger partial charge >= 0.3 is 5.97 Å². The molecule has 3 rings (SSSR count). The summed E-state index contributed by atoms with van der Waals surface area (Å²) in [5.41, 5.74) is 1.80. The van der Waals surface area contributed by atoms with Crippen LogP contribution in [0.3, 0.4) is 0 Å². The quantitative estimate of drug-likeness (QED) is 0.773. The molecule has 3 aromatic heterocycles. The van der Waals surface area contributed by atoms with E-state index in [1.165, 1.54) is 12.3 Å². The highest BCUT2D eigenvalue weighted by Gasteiger charge is 2.13. The van der Waals surface area contributed by atoms with Crippen LogP contribution in [0.2, 0.25) is 0 Å². The highest BCUT2D eigenvalue weighted by atomic mass is 32.1. The number of pyridine rings is 2. The minimum absolute atomic E-state index is 0.138. The fraction of sp³-hybridized carbons (Fsp3) is 0.0625. The lowest BCUT2D eigenvalue weighted by Crippen LogP contribution is -1.99. The Balaban J connectivity index is 1.84. The van der Waals surface area contributed by atoms with Crippen LogP contribution in [0.1, 0.15) is 15.2 Å². The van der Waals surface area contributed by atoms with E-state index in [0.29, 0.717) is 22.6 Å². The third-order valence-electron chi connectivity index (χ3n) is 3.01. The van der Waals surface area contributed by atoms with Crippen LogP contribution in [-0.4, -0.2) is 21.0 Å². The van der Waals surface area contributed by atoms with Crippen molar-refractivity contribution in [1.82, 2.24) is 9.97 Å². The molecule has 3 heterocycles. The number of carboxylic acid groups (broad SMARTS) is 1. The predicted octanol–water partition coefficient (Wildman–Crippen LogP) is 3.62. The maximum Gasteiger partial charge on any atom is 0.345 e. The molecule has 7 heteroatoms. The highest BCUT2D eigenvalue weighted by molar-refractivity contribution is 7.12. The molecule has 0 aromatic carbocycles. The van der Waals surface area contributed by atoms with E-state index in [9.17, 15) is 9.18 Å². The molecule has 0 aliphatic carbocycles. The molecule has 0 saturated heterocycles. The maximum atomic E-state index is 13.1. The molecule has 0 spiro atoms. The minimum Gasteiger partial charge on any atom is -0.487 e. The van der Waals surface area contributed by atoms with Crippen molar-refractivity contribution in [2.24, 2.45) is 0 Å². The lowest BCUT2D eigenvalue weighted by molar-refractivity contribution is 0.0702. The highest BCUT2D eigenvalue weighted by Crippen LogP contribution is 2.31. The van der Waals surface area contributed by atoms with Crippen LogP contribution in [0.5, 0.6) is 5.75 Å². The number of hydrogen-bond donors (Lipinski definition) is 1. The molecule has 0 saturated carbocycles. The normalized spacial score (nSPS) is 10.5. The van der Waals surface area contributed by atoms with Gasteiger partial charge in [0, 0.05) is 28.9 Å². The van der Waals surface area contributed by atoms with Gasteiger partial charge in [-0.2, -0.15) is 0 Å². The number of carbonyl (C=O) groups is 1. The number of rotatable bonds is 5. The Morgan fingerprint density at radius 2 is 2.22 bits per heavy atom. The summed E-state index contributed by atoms with van der Waals surface area (Å²) in [4.78, 5) is 19.2. The molecular formula is C16H11FN2O3S. The van der Waals surface area contributed by atoms with Crippen molar-refractivity contribution < 1.29 is 19.0 Å². The fourth-order valence-electron chi connectivity index (χ4n) is 1.99. The second kappa shape index (κ2) is 6.53. The van der Waals surface area contributed by atoms with Gasteiger partial charge in [0.05, 0.1) is 6.20 Å². The second-order valence-electron chi connectivity index (χ2n) is 4.66. The number of aromatic carboxylic acids is 1. The van der Waals surface area contributed by atoms with Crippen LogP contribution in [-0.2, 0) is 6.61 Å². The van der Waals surface area contributed by atoms with Crippen molar-refractivity contribution in [3.8, 4) is 17.0 Å². The van der Waals surface area contributed by atoms with Crippen LogP contribution in [0.25, 0.3) is 11.3 Å². The summed E-state index contributed by atoms with van der Waals surface area (Å²) < 4.78 is 18.8. The molecule has 3 aromatic rings. The molecule has 5 nitrogen and oxygen atoms in total. The molecule has 0 radical (unpaired) electrons. The summed E-state index contributed by atoms with van der Waals surface area (Å²) in [5, 5.41) is 10.7. The average molecular weight is 330 g/mol. The topological polar surface area (TPSA) is 72.3 Å². The molecule has 0 unspecified atom stereocenters. The van der Waals surface area contributed by atoms with E-state index < -0.39 is 11.8 Å². The van der Waals surface area contributed by atoms with Crippen molar-refractivity contribution in [2.75, 3.05) is 0 Å². The van der Waals surface area contributed by atoms with Gasteiger partial charge in [-0.15, -0.1) is 11.3 Å². The number of ether oxygens (including phenoxy) is 1. The Bertz CT molecular complexity index is 851. The average Bonchev–Trinajstić information content (AvgIpc) is 3.03. The van der Waals surface area contributed by atoms with E-state index >= 15 is 0 Å². The molecule has 23 heavy (non-hydrogen) atoms. The first kappa shape index (κ1) is 15.1. The van der Waals surface area contributed by atoms with Crippen molar-refractivity contribution in [2.45, 2.75) is 6.61 Å². The van der Waals surface area contributed by atoms with Crippen molar-refractivity contribution in [1.29, 1.82) is 0 Å². The van der Waals surface area contributed by atoms with Crippen LogP contribution < -0.4 is 4.74 Å². The van der Waals surface area contributed by atoms with Gasteiger partial charge in [-0.05, 0) is 24.3 Å². The van der Waals surface area contributed by atoms with Crippen LogP contribution >= 0.6 is 11.3 Å². The summed E-state index contributed by atoms with van der Waals surface area (Å²) >= 11 is 1.12. The van der Waals surface area contributed by atoms with Crippen LogP contribution in [0, 0.1) is 5.82 Å². The van der Waals surface area contributed by atoms with Gasteiger partial charge < -0.3 is 9.84 Å². The largest absolute Gasteiger partial charge is 0.487 e. The first-order chi connectivity index (χ1) is 11.1. The van der Waals surface area contributed by atoms with E-state index in [4.69, 9.17) is 9.84 Å². The zero-order valence-corrected chi connectivity index (χ0v) is 12.6.